The maximum absolute atomic E-state index is 15.6. The molecule has 13 heteroatoms. The van der Waals surface area contributed by atoms with Crippen molar-refractivity contribution in [1.29, 1.82) is 0 Å². The van der Waals surface area contributed by atoms with Crippen molar-refractivity contribution in [3.63, 3.8) is 0 Å². The smallest absolute Gasteiger partial charge is 0.416 e. The van der Waals surface area contributed by atoms with Crippen LogP contribution in [0.15, 0.2) is 76.3 Å². The zero-order valence-electron chi connectivity index (χ0n) is 24.6. The van der Waals surface area contributed by atoms with E-state index in [1.54, 1.807) is 30.3 Å². The Morgan fingerprint density at radius 1 is 0.933 bits per heavy atom. The number of aromatic nitrogens is 2. The third kappa shape index (κ3) is 7.14. The lowest BCUT2D eigenvalue weighted by Crippen LogP contribution is -2.45. The van der Waals surface area contributed by atoms with Crippen molar-refractivity contribution in [3.8, 4) is 16.9 Å². The van der Waals surface area contributed by atoms with Gasteiger partial charge in [0.1, 0.15) is 5.82 Å². The average molecular weight is 632 g/mol. The third-order valence-corrected chi connectivity index (χ3v) is 7.40. The summed E-state index contributed by atoms with van der Waals surface area (Å²) in [5, 5.41) is 3.10. The molecule has 0 unspecified atom stereocenters. The predicted octanol–water partition coefficient (Wildman–Crippen LogP) is 5.23. The molecule has 1 N–H and O–H groups in total. The van der Waals surface area contributed by atoms with Crippen LogP contribution in [0.1, 0.15) is 34.8 Å². The molecule has 0 aliphatic heterocycles. The quantitative estimate of drug-likeness (QED) is 0.180. The Balaban J connectivity index is 1.97. The summed E-state index contributed by atoms with van der Waals surface area (Å²) in [6, 6.07) is 14.3. The topological polar surface area (TPSA) is 91.6 Å². The number of rotatable bonds is 11. The first kappa shape index (κ1) is 33.1. The minimum atomic E-state index is -4.95. The number of alkyl halides is 3. The molecule has 0 bridgehead atoms. The summed E-state index contributed by atoms with van der Waals surface area (Å²) < 4.78 is 83.5. The Bertz CT molecular complexity index is 1800. The van der Waals surface area contributed by atoms with Crippen LogP contribution in [0.5, 0.6) is 5.75 Å². The Morgan fingerprint density at radius 3 is 2.27 bits per heavy atom. The van der Waals surface area contributed by atoms with E-state index in [0.717, 1.165) is 21.3 Å². The van der Waals surface area contributed by atoms with E-state index < -0.39 is 58.7 Å². The number of carbonyl (C=O) groups is 1. The van der Waals surface area contributed by atoms with Crippen molar-refractivity contribution >= 4 is 5.97 Å². The molecule has 8 nitrogen and oxygen atoms in total. The molecule has 4 aromatic rings. The highest BCUT2D eigenvalue weighted by Crippen LogP contribution is 2.34. The van der Waals surface area contributed by atoms with Crippen molar-refractivity contribution in [1.82, 2.24) is 14.5 Å². The van der Waals surface area contributed by atoms with E-state index >= 15 is 4.39 Å². The van der Waals surface area contributed by atoms with Gasteiger partial charge in [0.15, 0.2) is 11.6 Å². The van der Waals surface area contributed by atoms with E-state index in [-0.39, 0.29) is 42.1 Å². The normalized spacial score (nSPS) is 12.2. The molecule has 0 aliphatic carbocycles. The first-order chi connectivity index (χ1) is 21.4. The molecule has 0 amide bonds. The number of halogens is 5. The molecule has 0 spiro atoms. The molecule has 3 aromatic carbocycles. The van der Waals surface area contributed by atoms with Crippen LogP contribution in [-0.4, -0.2) is 35.9 Å². The van der Waals surface area contributed by atoms with Gasteiger partial charge in [-0.1, -0.05) is 48.5 Å². The summed E-state index contributed by atoms with van der Waals surface area (Å²) in [4.78, 5) is 39.8. The molecule has 0 saturated carbocycles. The maximum Gasteiger partial charge on any atom is 0.416 e. The Morgan fingerprint density at radius 2 is 1.62 bits per heavy atom. The van der Waals surface area contributed by atoms with E-state index in [9.17, 15) is 31.9 Å². The van der Waals surface area contributed by atoms with Gasteiger partial charge in [-0.05, 0) is 30.7 Å². The fourth-order valence-electron chi connectivity index (χ4n) is 5.07. The van der Waals surface area contributed by atoms with Crippen LogP contribution in [0, 0.1) is 18.6 Å². The highest BCUT2D eigenvalue weighted by molar-refractivity contribution is 5.69. The van der Waals surface area contributed by atoms with Crippen LogP contribution in [0.2, 0.25) is 0 Å². The van der Waals surface area contributed by atoms with Crippen molar-refractivity contribution in [2.24, 2.45) is 0 Å². The van der Waals surface area contributed by atoms with E-state index in [4.69, 9.17) is 4.74 Å². The SMILES string of the molecule is COC(=O)CCN[C@@H](Cn1c(=O)c(-c2cccc(OC)c2F)c(C)n(Cc2c(F)cccc2C(F)(F)F)c1=O)c1ccccc1. The Kier molecular flexibility index (Phi) is 10.2. The molecule has 45 heavy (non-hydrogen) atoms. The van der Waals surface area contributed by atoms with Crippen LogP contribution in [0.4, 0.5) is 22.0 Å². The third-order valence-electron chi connectivity index (χ3n) is 7.40. The lowest BCUT2D eigenvalue weighted by Gasteiger charge is -2.23. The zero-order chi connectivity index (χ0) is 32.9. The number of nitrogens with one attached hydrogen (secondary N) is 1. The number of benzene rings is 3. The van der Waals surface area contributed by atoms with E-state index in [0.29, 0.717) is 11.6 Å². The van der Waals surface area contributed by atoms with Gasteiger partial charge in [0, 0.05) is 23.4 Å². The molecule has 1 atom stereocenters. The van der Waals surface area contributed by atoms with Crippen molar-refractivity contribution < 1.29 is 36.2 Å². The second-order valence-electron chi connectivity index (χ2n) is 10.1. The van der Waals surface area contributed by atoms with Gasteiger partial charge in [0.05, 0.1) is 50.9 Å². The summed E-state index contributed by atoms with van der Waals surface area (Å²) >= 11 is 0. The van der Waals surface area contributed by atoms with Gasteiger partial charge in [-0.15, -0.1) is 0 Å². The zero-order valence-corrected chi connectivity index (χ0v) is 24.6. The van der Waals surface area contributed by atoms with Crippen molar-refractivity contribution in [2.75, 3.05) is 20.8 Å². The van der Waals surface area contributed by atoms with Crippen LogP contribution in [0.3, 0.4) is 0 Å². The number of hydrogen-bond acceptors (Lipinski definition) is 6. The minimum absolute atomic E-state index is 0.0410. The van der Waals surface area contributed by atoms with Gasteiger partial charge >= 0.3 is 17.8 Å². The second kappa shape index (κ2) is 13.9. The molecular formula is C32H30F5N3O5. The molecular weight excluding hydrogens is 601 g/mol. The highest BCUT2D eigenvalue weighted by atomic mass is 19.4. The molecule has 1 heterocycles. The molecule has 0 aliphatic rings. The standard InChI is InChI=1S/C32H30F5N3O5/c1-19-28(21-11-7-14-26(44-2)29(21)34)30(42)40(18-25(20-9-5-4-6-10-20)38-16-15-27(41)45-3)31(43)39(19)17-22-23(32(35,36)37)12-8-13-24(22)33/h4-14,25,38H,15-18H2,1-3H3/t25-/m0/s1. The van der Waals surface area contributed by atoms with Gasteiger partial charge in [-0.25, -0.2) is 13.6 Å². The number of ether oxygens (including phenoxy) is 2. The molecule has 0 saturated heterocycles. The first-order valence-corrected chi connectivity index (χ1v) is 13.8. The van der Waals surface area contributed by atoms with E-state index in [1.807, 2.05) is 0 Å². The van der Waals surface area contributed by atoms with Gasteiger partial charge < -0.3 is 14.8 Å². The molecule has 0 radical (unpaired) electrons. The maximum atomic E-state index is 15.6. The number of hydrogen-bond donors (Lipinski definition) is 1. The Labute approximate surface area is 254 Å². The number of carbonyl (C=O) groups excluding carboxylic acids is 1. The molecule has 1 aromatic heterocycles. The first-order valence-electron chi connectivity index (χ1n) is 13.8. The average Bonchev–Trinajstić information content (AvgIpc) is 3.01. The number of nitrogens with zero attached hydrogens (tertiary/aromatic N) is 2. The molecule has 0 fully saturated rings. The lowest BCUT2D eigenvalue weighted by atomic mass is 10.0. The van der Waals surface area contributed by atoms with Gasteiger partial charge in [-0.2, -0.15) is 13.2 Å². The van der Waals surface area contributed by atoms with Crippen LogP contribution in [0.25, 0.3) is 11.1 Å². The molecule has 238 valence electrons. The summed E-state index contributed by atoms with van der Waals surface area (Å²) in [6.45, 7) is 0.0866. The van der Waals surface area contributed by atoms with Crippen LogP contribution in [-0.2, 0) is 28.8 Å². The summed E-state index contributed by atoms with van der Waals surface area (Å²) in [7, 11) is 2.44. The second-order valence-corrected chi connectivity index (χ2v) is 10.1. The fourth-order valence-corrected chi connectivity index (χ4v) is 5.07. The summed E-state index contributed by atoms with van der Waals surface area (Å²) in [5.41, 5.74) is -4.25. The van der Waals surface area contributed by atoms with Gasteiger partial charge in [0.2, 0.25) is 0 Å². The van der Waals surface area contributed by atoms with E-state index in [1.165, 1.54) is 39.3 Å². The Hall–Kier alpha value is -4.78. The summed E-state index contributed by atoms with van der Waals surface area (Å²) in [6.07, 6.45) is -4.99. The van der Waals surface area contributed by atoms with Gasteiger partial charge in [-0.3, -0.25) is 18.7 Å². The molecule has 4 rings (SSSR count). The number of methoxy groups -OCH3 is 2. The largest absolute Gasteiger partial charge is 0.494 e. The number of esters is 1. The van der Waals surface area contributed by atoms with E-state index in [2.05, 4.69) is 10.1 Å². The fraction of sp³-hybridized carbons (Fsp3) is 0.281. The minimum Gasteiger partial charge on any atom is -0.494 e. The van der Waals surface area contributed by atoms with Gasteiger partial charge in [0.25, 0.3) is 5.56 Å². The van der Waals surface area contributed by atoms with Crippen molar-refractivity contribution in [3.05, 3.63) is 122 Å². The summed E-state index contributed by atoms with van der Waals surface area (Å²) in [5.74, 6) is -2.87. The predicted molar refractivity (Wildman–Crippen MR) is 156 cm³/mol. The van der Waals surface area contributed by atoms with Crippen LogP contribution < -0.4 is 21.3 Å². The highest BCUT2D eigenvalue weighted by Gasteiger charge is 2.35. The lowest BCUT2D eigenvalue weighted by molar-refractivity contribution is -0.140. The monoisotopic (exact) mass is 631 g/mol. The van der Waals surface area contributed by atoms with Crippen molar-refractivity contribution in [2.45, 2.75) is 38.7 Å². The van der Waals surface area contributed by atoms with Crippen LogP contribution >= 0.6 is 0 Å².